The highest BCUT2D eigenvalue weighted by Crippen LogP contribution is 2.29. The lowest BCUT2D eigenvalue weighted by atomic mass is 10.1. The summed E-state index contributed by atoms with van der Waals surface area (Å²) in [4.78, 5) is 11.8. The maximum atomic E-state index is 11.8. The molecule has 6 heteroatoms. The van der Waals surface area contributed by atoms with Gasteiger partial charge in [-0.15, -0.1) is 0 Å². The van der Waals surface area contributed by atoms with E-state index in [1.54, 1.807) is 0 Å². The summed E-state index contributed by atoms with van der Waals surface area (Å²) in [6, 6.07) is 0.0952. The second kappa shape index (κ2) is 6.50. The molecule has 1 amide bonds. The van der Waals surface area contributed by atoms with Gasteiger partial charge in [-0.1, -0.05) is 34.8 Å². The van der Waals surface area contributed by atoms with Crippen molar-refractivity contribution < 1.29 is 9.28 Å². The molecule has 0 heterocycles. The maximum absolute atomic E-state index is 11.8. The van der Waals surface area contributed by atoms with Gasteiger partial charge in [0, 0.05) is 0 Å². The van der Waals surface area contributed by atoms with E-state index in [2.05, 4.69) is 12.6 Å². The van der Waals surface area contributed by atoms with Gasteiger partial charge in [0.05, 0.1) is 12.1 Å². The lowest BCUT2D eigenvalue weighted by Crippen LogP contribution is -2.60. The maximum Gasteiger partial charge on any atom is 0.372 e. The monoisotopic (exact) mass is 304 g/mol. The van der Waals surface area contributed by atoms with Crippen LogP contribution in [0.4, 0.5) is 4.79 Å². The number of hydrogen-bond acceptors (Lipinski definition) is 1. The van der Waals surface area contributed by atoms with Gasteiger partial charge in [-0.05, 0) is 40.3 Å². The second-order valence-electron chi connectivity index (χ2n) is 4.22. The van der Waals surface area contributed by atoms with Crippen LogP contribution in [0.2, 0.25) is 0 Å². The van der Waals surface area contributed by atoms with Crippen LogP contribution in [-0.2, 0) is 0 Å². The Labute approximate surface area is 118 Å². The number of nitrogens with zero attached hydrogens (tertiary/aromatic N) is 1. The van der Waals surface area contributed by atoms with E-state index in [4.69, 9.17) is 34.8 Å². The normalized spacial score (nSPS) is 12.1. The van der Waals surface area contributed by atoms with Gasteiger partial charge in [0.1, 0.15) is 16.1 Å². The highest BCUT2D eigenvalue weighted by molar-refractivity contribution is 7.96. The first-order valence-electron chi connectivity index (χ1n) is 4.96. The molecule has 2 nitrogen and oxygen atoms in total. The lowest BCUT2D eigenvalue weighted by molar-refractivity contribution is -0.881. The molecule has 0 spiro atoms. The fourth-order valence-corrected chi connectivity index (χ4v) is 2.61. The van der Waals surface area contributed by atoms with E-state index in [0.717, 1.165) is 0 Å². The molecule has 0 saturated heterocycles. The summed E-state index contributed by atoms with van der Waals surface area (Å²) in [5.74, 6) is 0. The van der Waals surface area contributed by atoms with Gasteiger partial charge in [0.15, 0.2) is 0 Å². The average molecular weight is 306 g/mol. The van der Waals surface area contributed by atoms with Crippen LogP contribution >= 0.6 is 47.4 Å². The van der Waals surface area contributed by atoms with Crippen LogP contribution in [0, 0.1) is 0 Å². The highest BCUT2D eigenvalue weighted by atomic mass is 35.5. The molecule has 0 radical (unpaired) electrons. The summed E-state index contributed by atoms with van der Waals surface area (Å²) < 4.78 is 0.116. The van der Waals surface area contributed by atoms with Crippen molar-refractivity contribution in [2.45, 2.75) is 39.8 Å². The first-order valence-corrected chi connectivity index (χ1v) is 6.54. The highest BCUT2D eigenvalue weighted by Gasteiger charge is 2.41. The SMILES string of the molecule is CC(C)[N+](CC(Cl)=C(Cl)Cl)(C(=O)S)C(C)C. The predicted octanol–water partition coefficient (Wildman–Crippen LogP) is 4.56. The van der Waals surface area contributed by atoms with Crippen molar-refractivity contribution in [3.05, 3.63) is 9.52 Å². The molecule has 0 rings (SSSR count). The molecular formula is C10H17Cl3NOS+. The van der Waals surface area contributed by atoms with Crippen molar-refractivity contribution in [2.75, 3.05) is 6.54 Å². The average Bonchev–Trinajstić information content (AvgIpc) is 2.11. The third-order valence-corrected chi connectivity index (χ3v) is 4.14. The van der Waals surface area contributed by atoms with Gasteiger partial charge in [-0.25, -0.2) is 9.28 Å². The first-order chi connectivity index (χ1) is 7.16. The lowest BCUT2D eigenvalue weighted by Gasteiger charge is -2.41. The number of amides is 1. The van der Waals surface area contributed by atoms with E-state index in [1.165, 1.54) is 0 Å². The van der Waals surface area contributed by atoms with Gasteiger partial charge in [-0.3, -0.25) is 0 Å². The molecule has 94 valence electrons. The minimum Gasteiger partial charge on any atom is -0.242 e. The molecule has 0 saturated carbocycles. The summed E-state index contributed by atoms with van der Waals surface area (Å²) in [6.07, 6.45) is 0. The summed E-state index contributed by atoms with van der Waals surface area (Å²) in [7, 11) is 0. The number of thiol groups is 1. The Morgan fingerprint density at radius 1 is 1.12 bits per heavy atom. The van der Waals surface area contributed by atoms with Gasteiger partial charge in [0.2, 0.25) is 0 Å². The van der Waals surface area contributed by atoms with Crippen LogP contribution < -0.4 is 0 Å². The summed E-state index contributed by atoms with van der Waals surface area (Å²) in [6.45, 7) is 8.04. The first kappa shape index (κ1) is 16.6. The smallest absolute Gasteiger partial charge is 0.242 e. The Kier molecular flexibility index (Phi) is 6.74. The molecule has 16 heavy (non-hydrogen) atoms. The standard InChI is InChI=1S/C10H16Cl3NOS/c1-6(2)14(7(3)4,10(15)16)5-8(11)9(12)13/h6-7H,5H2,1-4H3/p+1. The summed E-state index contributed by atoms with van der Waals surface area (Å²) >= 11 is 21.1. The topological polar surface area (TPSA) is 17.1 Å². The van der Waals surface area contributed by atoms with Gasteiger partial charge in [-0.2, -0.15) is 0 Å². The molecule has 0 atom stereocenters. The van der Waals surface area contributed by atoms with Crippen LogP contribution in [0.25, 0.3) is 0 Å². The van der Waals surface area contributed by atoms with Crippen LogP contribution in [0.15, 0.2) is 9.52 Å². The summed E-state index contributed by atoms with van der Waals surface area (Å²) in [5, 5.41) is 0.0471. The van der Waals surface area contributed by atoms with E-state index in [-0.39, 0.29) is 37.9 Å². The molecular weight excluding hydrogens is 289 g/mol. The molecule has 0 fully saturated rings. The minimum atomic E-state index is -0.238. The fourth-order valence-electron chi connectivity index (χ4n) is 1.76. The predicted molar refractivity (Wildman–Crippen MR) is 74.4 cm³/mol. The van der Waals surface area contributed by atoms with Crippen molar-refractivity contribution in [3.8, 4) is 0 Å². The van der Waals surface area contributed by atoms with E-state index in [9.17, 15) is 4.79 Å². The number of hydrogen-bond donors (Lipinski definition) is 1. The molecule has 0 aromatic heterocycles. The van der Waals surface area contributed by atoms with Crippen molar-refractivity contribution in [3.63, 3.8) is 0 Å². The molecule has 0 bridgehead atoms. The molecule has 0 aliphatic heterocycles. The Balaban J connectivity index is 5.39. The number of carbonyl (C=O) groups is 1. The summed E-state index contributed by atoms with van der Waals surface area (Å²) in [5.41, 5.74) is 0. The minimum absolute atomic E-state index is 0.0000463. The van der Waals surface area contributed by atoms with Crippen LogP contribution in [0.5, 0.6) is 0 Å². The number of rotatable bonds is 4. The molecule has 0 aliphatic carbocycles. The van der Waals surface area contributed by atoms with Crippen molar-refractivity contribution in [1.29, 1.82) is 0 Å². The Morgan fingerprint density at radius 2 is 1.50 bits per heavy atom. The fraction of sp³-hybridized carbons (Fsp3) is 0.700. The van der Waals surface area contributed by atoms with Crippen molar-refractivity contribution in [2.24, 2.45) is 0 Å². The van der Waals surface area contributed by atoms with E-state index in [1.807, 2.05) is 27.7 Å². The van der Waals surface area contributed by atoms with Crippen molar-refractivity contribution >= 4 is 52.7 Å². The molecule has 0 unspecified atom stereocenters. The van der Waals surface area contributed by atoms with Gasteiger partial charge in [0.25, 0.3) is 0 Å². The number of quaternary nitrogens is 1. The van der Waals surface area contributed by atoms with E-state index < -0.39 is 0 Å². The van der Waals surface area contributed by atoms with Gasteiger partial charge >= 0.3 is 5.24 Å². The number of halogens is 3. The van der Waals surface area contributed by atoms with Crippen LogP contribution in [-0.4, -0.2) is 28.4 Å². The Hall–Kier alpha value is 0.590. The van der Waals surface area contributed by atoms with Gasteiger partial charge < -0.3 is 0 Å². The Bertz CT molecular complexity index is 290. The Morgan fingerprint density at radius 3 is 1.69 bits per heavy atom. The van der Waals surface area contributed by atoms with E-state index >= 15 is 0 Å². The zero-order chi connectivity index (χ0) is 13.1. The van der Waals surface area contributed by atoms with E-state index in [0.29, 0.717) is 0 Å². The second-order valence-corrected chi connectivity index (χ2v) is 6.01. The quantitative estimate of drug-likeness (QED) is 0.595. The molecule has 0 aromatic rings. The van der Waals surface area contributed by atoms with Crippen molar-refractivity contribution in [1.82, 2.24) is 0 Å². The number of carbonyl (C=O) groups excluding carboxylic acids is 1. The zero-order valence-electron chi connectivity index (χ0n) is 9.80. The molecule has 0 aromatic carbocycles. The van der Waals surface area contributed by atoms with Crippen LogP contribution in [0.1, 0.15) is 27.7 Å². The third-order valence-electron chi connectivity index (χ3n) is 2.80. The largest absolute Gasteiger partial charge is 0.372 e. The zero-order valence-corrected chi connectivity index (χ0v) is 13.0. The molecule has 0 N–H and O–H groups in total. The van der Waals surface area contributed by atoms with Crippen LogP contribution in [0.3, 0.4) is 0 Å². The third kappa shape index (κ3) is 3.54. The molecule has 0 aliphatic rings.